The van der Waals surface area contributed by atoms with Crippen LogP contribution in [0.25, 0.3) is 6.08 Å². The van der Waals surface area contributed by atoms with Gasteiger partial charge >= 0.3 is 0 Å². The maximum Gasteiger partial charge on any atom is 0.243 e. The average Bonchev–Trinajstić information content (AvgIpc) is 3.00. The van der Waals surface area contributed by atoms with E-state index in [1.165, 1.54) is 0 Å². The number of hydrogen-bond donors (Lipinski definition) is 0. The first-order valence-electron chi connectivity index (χ1n) is 9.23. The Balaban J connectivity index is 2.01. The van der Waals surface area contributed by atoms with Crippen molar-refractivity contribution in [1.82, 2.24) is 4.31 Å². The van der Waals surface area contributed by atoms with Gasteiger partial charge < -0.3 is 0 Å². The highest BCUT2D eigenvalue weighted by Gasteiger charge is 2.48. The summed E-state index contributed by atoms with van der Waals surface area (Å²) in [7, 11) is -3.57. The molecule has 4 heteroatoms. The van der Waals surface area contributed by atoms with Crippen LogP contribution in [0.15, 0.2) is 77.7 Å². The van der Waals surface area contributed by atoms with Crippen molar-refractivity contribution in [3.05, 3.63) is 84.0 Å². The molecule has 0 amide bonds. The molecule has 0 bridgehead atoms. The van der Waals surface area contributed by atoms with Gasteiger partial charge in [-0.25, -0.2) is 8.42 Å². The summed E-state index contributed by atoms with van der Waals surface area (Å²) >= 11 is 0. The van der Waals surface area contributed by atoms with E-state index in [0.717, 1.165) is 23.1 Å². The van der Waals surface area contributed by atoms with Gasteiger partial charge in [0.2, 0.25) is 10.0 Å². The van der Waals surface area contributed by atoms with Gasteiger partial charge in [-0.1, -0.05) is 79.3 Å². The lowest BCUT2D eigenvalue weighted by atomic mass is 9.77. The summed E-state index contributed by atoms with van der Waals surface area (Å²) in [5.74, 6) is 0. The topological polar surface area (TPSA) is 37.4 Å². The van der Waals surface area contributed by atoms with Crippen molar-refractivity contribution in [1.29, 1.82) is 0 Å². The molecule has 27 heavy (non-hydrogen) atoms. The van der Waals surface area contributed by atoms with Crippen molar-refractivity contribution >= 4 is 16.1 Å². The standard InChI is InChI=1S/C23H27NO2S/c1-18(2)23(4)16-17-24(22(23)15-12-20-8-6-5-7-9-20)27(25,26)21-13-10-19(3)11-14-21/h5-15,22H,1,16-17H2,2-4H3/b15-12+/t22-,23+/m1/s1. The molecule has 0 N–H and O–H groups in total. The molecule has 0 aromatic heterocycles. The molecule has 1 fully saturated rings. The van der Waals surface area contributed by atoms with Crippen LogP contribution in [0.4, 0.5) is 0 Å². The minimum absolute atomic E-state index is 0.262. The second-order valence-corrected chi connectivity index (χ2v) is 9.48. The predicted octanol–water partition coefficient (Wildman–Crippen LogP) is 5.05. The van der Waals surface area contributed by atoms with Gasteiger partial charge in [0.05, 0.1) is 10.9 Å². The van der Waals surface area contributed by atoms with E-state index < -0.39 is 10.0 Å². The second-order valence-electron chi connectivity index (χ2n) is 7.59. The first-order chi connectivity index (χ1) is 12.7. The minimum Gasteiger partial charge on any atom is -0.207 e. The lowest BCUT2D eigenvalue weighted by Gasteiger charge is -2.33. The second kappa shape index (κ2) is 7.45. The van der Waals surface area contributed by atoms with E-state index >= 15 is 0 Å². The van der Waals surface area contributed by atoms with Crippen LogP contribution in [0.2, 0.25) is 0 Å². The summed E-state index contributed by atoms with van der Waals surface area (Å²) < 4.78 is 28.3. The van der Waals surface area contributed by atoms with E-state index in [-0.39, 0.29) is 11.5 Å². The van der Waals surface area contributed by atoms with Crippen LogP contribution in [0.5, 0.6) is 0 Å². The molecular weight excluding hydrogens is 354 g/mol. The third-order valence-corrected chi connectivity index (χ3v) is 7.58. The van der Waals surface area contributed by atoms with Gasteiger partial charge in [0, 0.05) is 12.0 Å². The van der Waals surface area contributed by atoms with E-state index in [9.17, 15) is 8.42 Å². The van der Waals surface area contributed by atoms with Crippen LogP contribution in [0.3, 0.4) is 0 Å². The number of nitrogens with zero attached hydrogens (tertiary/aromatic N) is 1. The third kappa shape index (κ3) is 3.78. The molecule has 3 nitrogen and oxygen atoms in total. The van der Waals surface area contributed by atoms with Gasteiger partial charge in [-0.15, -0.1) is 0 Å². The predicted molar refractivity (Wildman–Crippen MR) is 112 cm³/mol. The van der Waals surface area contributed by atoms with Crippen molar-refractivity contribution in [3.63, 3.8) is 0 Å². The highest BCUT2D eigenvalue weighted by molar-refractivity contribution is 7.89. The largest absolute Gasteiger partial charge is 0.243 e. The average molecular weight is 382 g/mol. The maximum absolute atomic E-state index is 13.3. The molecular formula is C23H27NO2S. The first-order valence-corrected chi connectivity index (χ1v) is 10.7. The van der Waals surface area contributed by atoms with Gasteiger partial charge in [0.15, 0.2) is 0 Å². The summed E-state index contributed by atoms with van der Waals surface area (Å²) in [6, 6.07) is 16.8. The zero-order chi connectivity index (χ0) is 19.7. The molecule has 0 spiro atoms. The Kier molecular flexibility index (Phi) is 5.41. The molecule has 1 saturated heterocycles. The van der Waals surface area contributed by atoms with Crippen LogP contribution >= 0.6 is 0 Å². The Labute approximate surface area is 163 Å². The van der Waals surface area contributed by atoms with E-state index in [1.807, 2.05) is 68.5 Å². The summed E-state index contributed by atoms with van der Waals surface area (Å²) in [5.41, 5.74) is 2.82. The Hall–Kier alpha value is -2.17. The molecule has 1 heterocycles. The van der Waals surface area contributed by atoms with Crippen LogP contribution in [0.1, 0.15) is 31.4 Å². The molecule has 3 rings (SSSR count). The van der Waals surface area contributed by atoms with Crippen molar-refractivity contribution in [2.24, 2.45) is 5.41 Å². The smallest absolute Gasteiger partial charge is 0.207 e. The number of aryl methyl sites for hydroxylation is 1. The number of sulfonamides is 1. The van der Waals surface area contributed by atoms with Crippen molar-refractivity contribution in [3.8, 4) is 0 Å². The molecule has 0 unspecified atom stereocenters. The fourth-order valence-electron chi connectivity index (χ4n) is 3.60. The Bertz CT molecular complexity index is 946. The summed E-state index contributed by atoms with van der Waals surface area (Å²) in [5, 5.41) is 0. The van der Waals surface area contributed by atoms with Crippen molar-refractivity contribution in [2.75, 3.05) is 6.54 Å². The molecule has 2 aromatic carbocycles. The van der Waals surface area contributed by atoms with Gasteiger partial charge in [-0.05, 0) is 38.0 Å². The van der Waals surface area contributed by atoms with Crippen LogP contribution in [-0.4, -0.2) is 25.3 Å². The van der Waals surface area contributed by atoms with Crippen molar-refractivity contribution < 1.29 is 8.42 Å². The Morgan fingerprint density at radius 3 is 2.37 bits per heavy atom. The summed E-state index contributed by atoms with van der Waals surface area (Å²) in [4.78, 5) is 0.345. The molecule has 2 atom stereocenters. The van der Waals surface area contributed by atoms with E-state index in [1.54, 1.807) is 16.4 Å². The molecule has 1 aliphatic rings. The lowest BCUT2D eigenvalue weighted by molar-refractivity contribution is 0.327. The first kappa shape index (κ1) is 19.6. The monoisotopic (exact) mass is 381 g/mol. The zero-order valence-electron chi connectivity index (χ0n) is 16.2. The number of hydrogen-bond acceptors (Lipinski definition) is 2. The minimum atomic E-state index is -3.57. The summed E-state index contributed by atoms with van der Waals surface area (Å²) in [6.07, 6.45) is 4.79. The number of benzene rings is 2. The van der Waals surface area contributed by atoms with Gasteiger partial charge in [-0.3, -0.25) is 0 Å². The fourth-order valence-corrected chi connectivity index (χ4v) is 5.29. The highest BCUT2D eigenvalue weighted by Crippen LogP contribution is 2.45. The molecule has 0 saturated carbocycles. The molecule has 0 aliphatic carbocycles. The normalized spacial score (nSPS) is 23.7. The van der Waals surface area contributed by atoms with Crippen molar-refractivity contribution in [2.45, 2.75) is 38.1 Å². The van der Waals surface area contributed by atoms with Gasteiger partial charge in [0.25, 0.3) is 0 Å². The lowest BCUT2D eigenvalue weighted by Crippen LogP contribution is -2.40. The quantitative estimate of drug-likeness (QED) is 0.679. The van der Waals surface area contributed by atoms with Crippen LogP contribution < -0.4 is 0 Å². The highest BCUT2D eigenvalue weighted by atomic mass is 32.2. The van der Waals surface area contributed by atoms with Gasteiger partial charge in [0.1, 0.15) is 0 Å². The number of rotatable bonds is 5. The molecule has 1 aliphatic heterocycles. The maximum atomic E-state index is 13.3. The zero-order valence-corrected chi connectivity index (χ0v) is 17.0. The van der Waals surface area contributed by atoms with E-state index in [4.69, 9.17) is 0 Å². The van der Waals surface area contributed by atoms with Crippen LogP contribution in [-0.2, 0) is 10.0 Å². The SMILES string of the molecule is C=C(C)[C@]1(C)CCN(S(=O)(=O)c2ccc(C)cc2)[C@@H]1/C=C/c1ccccc1. The molecule has 2 aromatic rings. The molecule has 0 radical (unpaired) electrons. The van der Waals surface area contributed by atoms with Gasteiger partial charge in [-0.2, -0.15) is 4.31 Å². The fraction of sp³-hybridized carbons (Fsp3) is 0.304. The van der Waals surface area contributed by atoms with E-state index in [2.05, 4.69) is 13.5 Å². The van der Waals surface area contributed by atoms with E-state index in [0.29, 0.717) is 11.4 Å². The molecule has 142 valence electrons. The Morgan fingerprint density at radius 2 is 1.78 bits per heavy atom. The Morgan fingerprint density at radius 1 is 1.15 bits per heavy atom. The van der Waals surface area contributed by atoms with Crippen LogP contribution in [0, 0.1) is 12.3 Å². The summed E-state index contributed by atoms with van der Waals surface area (Å²) in [6.45, 7) is 10.7. The third-order valence-electron chi connectivity index (χ3n) is 5.69.